The van der Waals surface area contributed by atoms with Crippen molar-refractivity contribution in [1.29, 1.82) is 0 Å². The van der Waals surface area contributed by atoms with Crippen LogP contribution in [-0.4, -0.2) is 30.8 Å². The summed E-state index contributed by atoms with van der Waals surface area (Å²) in [5.41, 5.74) is 8.48. The Labute approximate surface area is 238 Å². The first-order valence-corrected chi connectivity index (χ1v) is 14.0. The van der Waals surface area contributed by atoms with Crippen molar-refractivity contribution in [2.75, 3.05) is 23.3 Å². The molecule has 1 saturated carbocycles. The molecule has 1 aliphatic heterocycles. The number of halogens is 2. The summed E-state index contributed by atoms with van der Waals surface area (Å²) in [4.78, 5) is 41.5. The minimum atomic E-state index is -1.14. The second-order valence-electron chi connectivity index (χ2n) is 11.1. The van der Waals surface area contributed by atoms with E-state index in [1.807, 2.05) is 31.2 Å². The summed E-state index contributed by atoms with van der Waals surface area (Å²) in [5.74, 6) is -2.59. The van der Waals surface area contributed by atoms with E-state index in [4.69, 9.17) is 5.73 Å². The highest BCUT2D eigenvalue weighted by Gasteiger charge is 2.35. The van der Waals surface area contributed by atoms with Gasteiger partial charge in [-0.3, -0.25) is 19.3 Å². The number of fused-ring (bicyclic) bond motifs is 1. The van der Waals surface area contributed by atoms with Crippen LogP contribution < -0.4 is 21.3 Å². The van der Waals surface area contributed by atoms with E-state index < -0.39 is 23.6 Å². The number of hydrogen-bond acceptors (Lipinski definition) is 4. The Bertz CT molecular complexity index is 1460. The molecule has 7 nitrogen and oxygen atoms in total. The molecular weight excluding hydrogens is 526 g/mol. The summed E-state index contributed by atoms with van der Waals surface area (Å²) >= 11 is 0. The standard InChI is InChI=1S/C32H34F2N4O3/c1-19-5-7-22(8-6-19)29-16-30(39)37-27-15-23(31(40)36-18-21-4-2-3-20(13-21)17-35)10-12-28(27)38(29)32(41)24-9-11-25(33)26(34)14-24/h5-12,14-15,20-21,29H,2-4,13,16-18,35H2,1H3,(H,36,40)(H,37,39). The maximum Gasteiger partial charge on any atom is 0.259 e. The number of carbonyl (C=O) groups is 3. The third-order valence-electron chi connectivity index (χ3n) is 8.11. The van der Waals surface area contributed by atoms with Crippen molar-refractivity contribution in [2.24, 2.45) is 17.6 Å². The van der Waals surface area contributed by atoms with E-state index in [-0.39, 0.29) is 29.5 Å². The molecular formula is C32H34F2N4O3. The number of aryl methyl sites for hydroxylation is 1. The Balaban J connectivity index is 1.48. The number of nitrogens with zero attached hydrogens (tertiary/aromatic N) is 1. The summed E-state index contributed by atoms with van der Waals surface area (Å²) in [6, 6.07) is 14.5. The molecule has 0 bridgehead atoms. The van der Waals surface area contributed by atoms with E-state index in [2.05, 4.69) is 10.6 Å². The smallest absolute Gasteiger partial charge is 0.259 e. The van der Waals surface area contributed by atoms with E-state index in [0.29, 0.717) is 41.7 Å². The number of nitrogens with two attached hydrogens (primary N) is 1. The van der Waals surface area contributed by atoms with E-state index in [1.165, 1.54) is 11.0 Å². The predicted octanol–water partition coefficient (Wildman–Crippen LogP) is 5.50. The molecule has 3 atom stereocenters. The number of amides is 3. The van der Waals surface area contributed by atoms with Gasteiger partial charge in [0.1, 0.15) is 0 Å². The molecule has 5 rings (SSSR count). The summed E-state index contributed by atoms with van der Waals surface area (Å²) < 4.78 is 27.8. The normalized spacial score (nSPS) is 20.5. The van der Waals surface area contributed by atoms with Crippen molar-refractivity contribution in [3.8, 4) is 0 Å². The van der Waals surface area contributed by atoms with Crippen LogP contribution in [0.4, 0.5) is 20.2 Å². The molecule has 3 unspecified atom stereocenters. The third-order valence-corrected chi connectivity index (χ3v) is 8.11. The molecule has 0 radical (unpaired) electrons. The van der Waals surface area contributed by atoms with Crippen molar-refractivity contribution < 1.29 is 23.2 Å². The van der Waals surface area contributed by atoms with Crippen LogP contribution in [-0.2, 0) is 4.79 Å². The minimum absolute atomic E-state index is 0.0635. The number of hydrogen-bond donors (Lipinski definition) is 3. The Hall–Kier alpha value is -4.11. The van der Waals surface area contributed by atoms with Gasteiger partial charge in [-0.25, -0.2) is 8.78 Å². The number of benzene rings is 3. The summed E-state index contributed by atoms with van der Waals surface area (Å²) in [7, 11) is 0. The highest BCUT2D eigenvalue weighted by atomic mass is 19.2. The van der Waals surface area contributed by atoms with Crippen molar-refractivity contribution >= 4 is 29.1 Å². The fourth-order valence-corrected chi connectivity index (χ4v) is 5.84. The molecule has 0 spiro atoms. The van der Waals surface area contributed by atoms with Crippen molar-refractivity contribution in [3.05, 3.63) is 94.6 Å². The quantitative estimate of drug-likeness (QED) is 0.370. The lowest BCUT2D eigenvalue weighted by molar-refractivity contribution is -0.116. The van der Waals surface area contributed by atoms with E-state index in [9.17, 15) is 23.2 Å². The number of anilines is 2. The van der Waals surface area contributed by atoms with E-state index in [0.717, 1.165) is 43.4 Å². The van der Waals surface area contributed by atoms with E-state index in [1.54, 1.807) is 18.2 Å². The maximum atomic E-state index is 14.1. The van der Waals surface area contributed by atoms with Crippen LogP contribution in [0.1, 0.15) is 70.0 Å². The second-order valence-corrected chi connectivity index (χ2v) is 11.1. The Morgan fingerprint density at radius 1 is 0.976 bits per heavy atom. The van der Waals surface area contributed by atoms with Crippen molar-refractivity contribution in [2.45, 2.75) is 45.1 Å². The molecule has 0 saturated heterocycles. The van der Waals surface area contributed by atoms with Gasteiger partial charge in [-0.15, -0.1) is 0 Å². The highest BCUT2D eigenvalue weighted by molar-refractivity contribution is 6.12. The van der Waals surface area contributed by atoms with Gasteiger partial charge in [0.25, 0.3) is 11.8 Å². The molecule has 1 aliphatic carbocycles. The lowest BCUT2D eigenvalue weighted by atomic mass is 9.81. The van der Waals surface area contributed by atoms with Crippen LogP contribution in [0.25, 0.3) is 0 Å². The van der Waals surface area contributed by atoms with Crippen LogP contribution in [0.3, 0.4) is 0 Å². The monoisotopic (exact) mass is 560 g/mol. The first-order chi connectivity index (χ1) is 19.7. The first-order valence-electron chi connectivity index (χ1n) is 14.0. The van der Waals surface area contributed by atoms with Gasteiger partial charge >= 0.3 is 0 Å². The van der Waals surface area contributed by atoms with Crippen LogP contribution in [0.5, 0.6) is 0 Å². The molecule has 1 fully saturated rings. The summed E-state index contributed by atoms with van der Waals surface area (Å²) in [5, 5.41) is 5.85. The first kappa shape index (κ1) is 28.4. The summed E-state index contributed by atoms with van der Waals surface area (Å²) in [6.07, 6.45) is 4.17. The predicted molar refractivity (Wildman–Crippen MR) is 154 cm³/mol. The minimum Gasteiger partial charge on any atom is -0.352 e. The zero-order valence-electron chi connectivity index (χ0n) is 23.0. The van der Waals surface area contributed by atoms with Gasteiger partial charge in [0.15, 0.2) is 11.6 Å². The van der Waals surface area contributed by atoms with Gasteiger partial charge in [-0.05, 0) is 86.5 Å². The lowest BCUT2D eigenvalue weighted by Gasteiger charge is -2.31. The Morgan fingerprint density at radius 2 is 1.71 bits per heavy atom. The van der Waals surface area contributed by atoms with Crippen LogP contribution >= 0.6 is 0 Å². The fraction of sp³-hybridized carbons (Fsp3) is 0.344. The van der Waals surface area contributed by atoms with Gasteiger partial charge in [0, 0.05) is 17.7 Å². The molecule has 4 N–H and O–H groups in total. The molecule has 0 aromatic heterocycles. The van der Waals surface area contributed by atoms with Crippen molar-refractivity contribution in [3.63, 3.8) is 0 Å². The van der Waals surface area contributed by atoms with Gasteiger partial charge in [-0.2, -0.15) is 0 Å². The zero-order valence-corrected chi connectivity index (χ0v) is 23.0. The maximum absolute atomic E-state index is 14.1. The molecule has 41 heavy (non-hydrogen) atoms. The van der Waals surface area contributed by atoms with Crippen LogP contribution in [0, 0.1) is 30.4 Å². The second kappa shape index (κ2) is 12.2. The average molecular weight is 561 g/mol. The fourth-order valence-electron chi connectivity index (χ4n) is 5.84. The molecule has 3 aromatic carbocycles. The summed E-state index contributed by atoms with van der Waals surface area (Å²) in [6.45, 7) is 3.12. The average Bonchev–Trinajstić information content (AvgIpc) is 3.12. The molecule has 214 valence electrons. The van der Waals surface area contributed by atoms with Crippen LogP contribution in [0.15, 0.2) is 60.7 Å². The highest BCUT2D eigenvalue weighted by Crippen LogP contribution is 2.40. The molecule has 2 aliphatic rings. The SMILES string of the molecule is Cc1ccc(C2CC(=O)Nc3cc(C(=O)NCC4CCCC(CN)C4)ccc3N2C(=O)c2ccc(F)c(F)c2)cc1. The zero-order chi connectivity index (χ0) is 29.1. The lowest BCUT2D eigenvalue weighted by Crippen LogP contribution is -2.35. The molecule has 3 aromatic rings. The van der Waals surface area contributed by atoms with Gasteiger partial charge in [-0.1, -0.05) is 36.2 Å². The number of nitrogens with one attached hydrogen (secondary N) is 2. The Kier molecular flexibility index (Phi) is 8.44. The van der Waals surface area contributed by atoms with Crippen LogP contribution in [0.2, 0.25) is 0 Å². The largest absolute Gasteiger partial charge is 0.352 e. The topological polar surface area (TPSA) is 105 Å². The van der Waals surface area contributed by atoms with Gasteiger partial charge < -0.3 is 16.4 Å². The molecule has 3 amide bonds. The third kappa shape index (κ3) is 6.30. The number of rotatable bonds is 6. The molecule has 9 heteroatoms. The van der Waals surface area contributed by atoms with Gasteiger partial charge in [0.05, 0.1) is 23.8 Å². The van der Waals surface area contributed by atoms with E-state index >= 15 is 0 Å². The van der Waals surface area contributed by atoms with Crippen molar-refractivity contribution in [1.82, 2.24) is 5.32 Å². The Morgan fingerprint density at radius 3 is 2.44 bits per heavy atom. The molecule has 1 heterocycles. The number of carbonyl (C=O) groups excluding carboxylic acids is 3. The van der Waals surface area contributed by atoms with Gasteiger partial charge in [0.2, 0.25) is 5.91 Å².